The fraction of sp³-hybridized carbons (Fsp3) is 0.182. The number of rotatable bonds is 3. The van der Waals surface area contributed by atoms with Gasteiger partial charge in [0, 0.05) is 35.5 Å². The summed E-state index contributed by atoms with van der Waals surface area (Å²) in [5.41, 5.74) is 4.33. The van der Waals surface area contributed by atoms with Crippen LogP contribution >= 0.6 is 0 Å². The first-order valence-electron chi connectivity index (χ1n) is 8.99. The molecule has 2 aromatic carbocycles. The predicted molar refractivity (Wildman–Crippen MR) is 103 cm³/mol. The summed E-state index contributed by atoms with van der Waals surface area (Å²) in [6.07, 6.45) is 4.14. The Morgan fingerprint density at radius 2 is 1.89 bits per heavy atom. The minimum atomic E-state index is -0.268. The summed E-state index contributed by atoms with van der Waals surface area (Å²) >= 11 is 0. The second-order valence-electron chi connectivity index (χ2n) is 6.67. The van der Waals surface area contributed by atoms with E-state index in [1.54, 1.807) is 19.5 Å². The van der Waals surface area contributed by atoms with E-state index in [2.05, 4.69) is 28.2 Å². The molecule has 0 aliphatic carbocycles. The molecule has 5 rings (SSSR count). The van der Waals surface area contributed by atoms with E-state index < -0.39 is 0 Å². The predicted octanol–water partition coefficient (Wildman–Crippen LogP) is 4.33. The zero-order valence-corrected chi connectivity index (χ0v) is 14.9. The molecule has 2 aliphatic rings. The van der Waals surface area contributed by atoms with Crippen LogP contribution in [0.3, 0.4) is 0 Å². The first-order valence-corrected chi connectivity index (χ1v) is 8.99. The molecule has 0 amide bonds. The van der Waals surface area contributed by atoms with Crippen LogP contribution in [0.5, 0.6) is 11.5 Å². The summed E-state index contributed by atoms with van der Waals surface area (Å²) in [7, 11) is 1.68. The van der Waals surface area contributed by atoms with Crippen LogP contribution in [0.25, 0.3) is 0 Å². The molecule has 2 atom stereocenters. The normalized spacial score (nSPS) is 20.3. The van der Waals surface area contributed by atoms with Gasteiger partial charge in [-0.15, -0.1) is 0 Å². The van der Waals surface area contributed by atoms with E-state index >= 15 is 0 Å². The third kappa shape index (κ3) is 2.72. The number of nitrogens with zero attached hydrogens (tertiary/aromatic N) is 3. The van der Waals surface area contributed by atoms with Gasteiger partial charge in [0.1, 0.15) is 11.5 Å². The molecule has 0 radical (unpaired) electrons. The summed E-state index contributed by atoms with van der Waals surface area (Å²) in [4.78, 5) is 4.13. The van der Waals surface area contributed by atoms with Crippen molar-refractivity contribution in [3.63, 3.8) is 0 Å². The Morgan fingerprint density at radius 1 is 1.04 bits per heavy atom. The van der Waals surface area contributed by atoms with E-state index in [1.807, 2.05) is 42.5 Å². The van der Waals surface area contributed by atoms with Gasteiger partial charge in [-0.25, -0.2) is 5.01 Å². The Hall–Kier alpha value is -3.34. The fourth-order valence-electron chi connectivity index (χ4n) is 3.76. The molecule has 0 spiro atoms. The molecule has 2 aliphatic heterocycles. The third-order valence-corrected chi connectivity index (χ3v) is 5.09. The van der Waals surface area contributed by atoms with E-state index in [0.717, 1.165) is 34.8 Å². The van der Waals surface area contributed by atoms with Crippen LogP contribution in [0.2, 0.25) is 0 Å². The fourth-order valence-corrected chi connectivity index (χ4v) is 3.76. The number of ether oxygens (including phenoxy) is 2. The number of hydrogen-bond donors (Lipinski definition) is 0. The highest BCUT2D eigenvalue weighted by molar-refractivity contribution is 6.02. The highest BCUT2D eigenvalue weighted by Gasteiger charge is 2.40. The average molecular weight is 357 g/mol. The topological polar surface area (TPSA) is 47.0 Å². The second kappa shape index (κ2) is 6.43. The first kappa shape index (κ1) is 15.9. The Balaban J connectivity index is 1.59. The highest BCUT2D eigenvalue weighted by Crippen LogP contribution is 2.47. The smallest absolute Gasteiger partial charge is 0.213 e. The van der Waals surface area contributed by atoms with E-state index in [0.29, 0.717) is 0 Å². The summed E-state index contributed by atoms with van der Waals surface area (Å²) in [5.74, 6) is 1.75. The molecule has 134 valence electrons. The summed E-state index contributed by atoms with van der Waals surface area (Å²) < 4.78 is 11.7. The van der Waals surface area contributed by atoms with Crippen LogP contribution in [0, 0.1) is 0 Å². The molecule has 0 N–H and O–H groups in total. The van der Waals surface area contributed by atoms with Crippen LogP contribution in [-0.2, 0) is 0 Å². The number of hydrogen-bond acceptors (Lipinski definition) is 5. The summed E-state index contributed by atoms with van der Waals surface area (Å²) in [6, 6.07) is 20.4. The van der Waals surface area contributed by atoms with Crippen LogP contribution in [-0.4, -0.2) is 22.8 Å². The largest absolute Gasteiger partial charge is 0.497 e. The molecular weight excluding hydrogens is 338 g/mol. The van der Waals surface area contributed by atoms with Gasteiger partial charge < -0.3 is 9.47 Å². The lowest BCUT2D eigenvalue weighted by molar-refractivity contribution is -0.0190. The molecule has 0 fully saturated rings. The monoisotopic (exact) mass is 357 g/mol. The number of hydrazone groups is 1. The molecule has 27 heavy (non-hydrogen) atoms. The Labute approximate surface area is 157 Å². The van der Waals surface area contributed by atoms with E-state index in [1.165, 1.54) is 5.56 Å². The molecular formula is C22H19N3O2. The SMILES string of the molecule is COc1cccc(C2=NN3[C@@H](c4ccncc4)Oc4ccccc4[C@@H]3C2)c1. The first-order chi connectivity index (χ1) is 13.3. The van der Waals surface area contributed by atoms with Gasteiger partial charge in [0.25, 0.3) is 0 Å². The van der Waals surface area contributed by atoms with Crippen molar-refractivity contribution in [2.45, 2.75) is 18.7 Å². The second-order valence-corrected chi connectivity index (χ2v) is 6.67. The minimum Gasteiger partial charge on any atom is -0.497 e. The lowest BCUT2D eigenvalue weighted by atomic mass is 9.96. The van der Waals surface area contributed by atoms with Crippen LogP contribution in [0.15, 0.2) is 78.2 Å². The van der Waals surface area contributed by atoms with Crippen molar-refractivity contribution in [3.05, 3.63) is 89.7 Å². The highest BCUT2D eigenvalue weighted by atomic mass is 16.5. The number of methoxy groups -OCH3 is 1. The van der Waals surface area contributed by atoms with Gasteiger partial charge in [0.15, 0.2) is 0 Å². The van der Waals surface area contributed by atoms with Crippen molar-refractivity contribution in [2.24, 2.45) is 5.10 Å². The molecule has 0 bridgehead atoms. The number of fused-ring (bicyclic) bond motifs is 3. The molecule has 1 aromatic heterocycles. The maximum Gasteiger partial charge on any atom is 0.213 e. The van der Waals surface area contributed by atoms with Crippen molar-refractivity contribution in [3.8, 4) is 11.5 Å². The quantitative estimate of drug-likeness (QED) is 0.700. The van der Waals surface area contributed by atoms with Crippen LogP contribution in [0.1, 0.15) is 35.4 Å². The number of para-hydroxylation sites is 1. The van der Waals surface area contributed by atoms with Gasteiger partial charge in [-0.2, -0.15) is 5.10 Å². The van der Waals surface area contributed by atoms with Gasteiger partial charge in [0.05, 0.1) is 18.9 Å². The van der Waals surface area contributed by atoms with E-state index in [4.69, 9.17) is 14.6 Å². The van der Waals surface area contributed by atoms with Crippen molar-refractivity contribution < 1.29 is 9.47 Å². The molecule has 3 aromatic rings. The van der Waals surface area contributed by atoms with Crippen molar-refractivity contribution >= 4 is 5.71 Å². The Kier molecular flexibility index (Phi) is 3.78. The molecule has 5 heteroatoms. The van der Waals surface area contributed by atoms with E-state index in [9.17, 15) is 0 Å². The average Bonchev–Trinajstić information content (AvgIpc) is 3.19. The molecule has 0 saturated carbocycles. The van der Waals surface area contributed by atoms with Crippen LogP contribution in [0.4, 0.5) is 0 Å². The van der Waals surface area contributed by atoms with Gasteiger partial charge in [0.2, 0.25) is 6.23 Å². The molecule has 3 heterocycles. The summed E-state index contributed by atoms with van der Waals surface area (Å²) in [6.45, 7) is 0. The summed E-state index contributed by atoms with van der Waals surface area (Å²) in [5, 5.41) is 7.04. The maximum absolute atomic E-state index is 6.33. The standard InChI is InChI=1S/C22H19N3O2/c1-26-17-6-4-5-16(13-17)19-14-20-18-7-2-3-8-21(18)27-22(25(20)24-19)15-9-11-23-12-10-15/h2-13,20,22H,14H2,1H3/t20-,22+/m0/s1. The third-order valence-electron chi connectivity index (χ3n) is 5.09. The van der Waals surface area contributed by atoms with Gasteiger partial charge in [-0.05, 0) is 30.3 Å². The van der Waals surface area contributed by atoms with Gasteiger partial charge >= 0.3 is 0 Å². The number of benzene rings is 2. The maximum atomic E-state index is 6.33. The van der Waals surface area contributed by atoms with Crippen molar-refractivity contribution in [2.75, 3.05) is 7.11 Å². The lowest BCUT2D eigenvalue weighted by Gasteiger charge is -2.38. The molecule has 0 saturated heterocycles. The minimum absolute atomic E-state index is 0.148. The van der Waals surface area contributed by atoms with Gasteiger partial charge in [-0.1, -0.05) is 30.3 Å². The van der Waals surface area contributed by atoms with Gasteiger partial charge in [-0.3, -0.25) is 4.98 Å². The number of aromatic nitrogens is 1. The zero-order valence-electron chi connectivity index (χ0n) is 14.9. The van der Waals surface area contributed by atoms with Crippen molar-refractivity contribution in [1.82, 2.24) is 9.99 Å². The lowest BCUT2D eigenvalue weighted by Crippen LogP contribution is -2.33. The molecule has 0 unspecified atom stereocenters. The van der Waals surface area contributed by atoms with E-state index in [-0.39, 0.29) is 12.3 Å². The zero-order chi connectivity index (χ0) is 18.2. The Bertz CT molecular complexity index is 1000. The number of pyridine rings is 1. The molecule has 5 nitrogen and oxygen atoms in total. The van der Waals surface area contributed by atoms with Crippen LogP contribution < -0.4 is 9.47 Å². The Morgan fingerprint density at radius 3 is 2.74 bits per heavy atom. The van der Waals surface area contributed by atoms with Crippen molar-refractivity contribution in [1.29, 1.82) is 0 Å².